The molecule has 0 amide bonds. The van der Waals surface area contributed by atoms with E-state index in [1.807, 2.05) is 35.0 Å². The molecule has 0 radical (unpaired) electrons. The summed E-state index contributed by atoms with van der Waals surface area (Å²) in [7, 11) is 0. The van der Waals surface area contributed by atoms with Gasteiger partial charge in [-0.3, -0.25) is 4.90 Å². The minimum absolute atomic E-state index is 0.329. The van der Waals surface area contributed by atoms with Gasteiger partial charge in [0.15, 0.2) is 5.82 Å². The lowest BCUT2D eigenvalue weighted by Gasteiger charge is -2.36. The average molecular weight is 348 g/mol. The number of hydrogen-bond acceptors (Lipinski definition) is 5. The molecule has 3 aromatic rings. The Morgan fingerprint density at radius 2 is 1.88 bits per heavy atom. The summed E-state index contributed by atoms with van der Waals surface area (Å²) in [5.74, 6) is 0.869. The van der Waals surface area contributed by atoms with Crippen LogP contribution in [-0.4, -0.2) is 44.7 Å². The lowest BCUT2D eigenvalue weighted by atomic mass is 10.0. The molecule has 4 rings (SSSR count). The maximum atomic E-state index is 4.28. The molecule has 0 aliphatic carbocycles. The number of nitrogens with one attached hydrogen (secondary N) is 1. The van der Waals surface area contributed by atoms with Gasteiger partial charge in [-0.15, -0.1) is 5.10 Å². The fraction of sp³-hybridized carbons (Fsp3) is 0.350. The first kappa shape index (κ1) is 16.9. The van der Waals surface area contributed by atoms with Crippen molar-refractivity contribution in [3.05, 3.63) is 71.5 Å². The Morgan fingerprint density at radius 1 is 1.08 bits per heavy atom. The lowest BCUT2D eigenvalue weighted by Crippen LogP contribution is -2.45. The molecule has 6 heteroatoms. The molecule has 0 bridgehead atoms. The number of para-hydroxylation sites is 1. The zero-order valence-corrected chi connectivity index (χ0v) is 15.0. The molecule has 0 saturated carbocycles. The van der Waals surface area contributed by atoms with Crippen molar-refractivity contribution in [1.82, 2.24) is 30.4 Å². The summed E-state index contributed by atoms with van der Waals surface area (Å²) in [6.45, 7) is 5.81. The van der Waals surface area contributed by atoms with Crippen molar-refractivity contribution in [1.29, 1.82) is 0 Å². The minimum atomic E-state index is 0.329. The van der Waals surface area contributed by atoms with Crippen LogP contribution in [0.25, 0.3) is 5.69 Å². The molecule has 1 fully saturated rings. The van der Waals surface area contributed by atoms with E-state index < -0.39 is 0 Å². The Hall–Kier alpha value is -2.57. The van der Waals surface area contributed by atoms with E-state index in [-0.39, 0.29) is 0 Å². The Labute approximate surface area is 153 Å². The molecule has 2 heterocycles. The van der Waals surface area contributed by atoms with Gasteiger partial charge in [-0.05, 0) is 40.1 Å². The summed E-state index contributed by atoms with van der Waals surface area (Å²) in [6.07, 6.45) is 1.07. The molecule has 1 atom stereocenters. The molecule has 26 heavy (non-hydrogen) atoms. The number of piperazine rings is 1. The first-order chi connectivity index (χ1) is 12.8. The van der Waals surface area contributed by atoms with Crippen molar-refractivity contribution in [2.45, 2.75) is 25.9 Å². The third-order valence-corrected chi connectivity index (χ3v) is 5.01. The van der Waals surface area contributed by atoms with Crippen molar-refractivity contribution in [2.75, 3.05) is 19.6 Å². The van der Waals surface area contributed by atoms with E-state index in [4.69, 9.17) is 0 Å². The SMILES string of the molecule is CCc1ccc(C2CNCCN2Cc2nnnn2-c2ccccc2)cc1. The summed E-state index contributed by atoms with van der Waals surface area (Å²) in [4.78, 5) is 2.46. The van der Waals surface area contributed by atoms with Crippen molar-refractivity contribution >= 4 is 0 Å². The zero-order chi connectivity index (χ0) is 17.8. The van der Waals surface area contributed by atoms with Crippen molar-refractivity contribution in [2.24, 2.45) is 0 Å². The number of hydrogen-bond donors (Lipinski definition) is 1. The second-order valence-corrected chi connectivity index (χ2v) is 6.63. The van der Waals surface area contributed by atoms with E-state index in [1.54, 1.807) is 0 Å². The van der Waals surface area contributed by atoms with Crippen LogP contribution in [0.4, 0.5) is 0 Å². The summed E-state index contributed by atoms with van der Waals surface area (Å²) in [5, 5.41) is 15.9. The molecule has 6 nitrogen and oxygen atoms in total. The van der Waals surface area contributed by atoms with Gasteiger partial charge in [0.2, 0.25) is 0 Å². The fourth-order valence-corrected chi connectivity index (χ4v) is 3.50. The summed E-state index contributed by atoms with van der Waals surface area (Å²) in [5.41, 5.74) is 3.71. The Morgan fingerprint density at radius 3 is 2.65 bits per heavy atom. The lowest BCUT2D eigenvalue weighted by molar-refractivity contribution is 0.149. The van der Waals surface area contributed by atoms with Gasteiger partial charge >= 0.3 is 0 Å². The molecule has 1 aromatic heterocycles. The summed E-state index contributed by atoms with van der Waals surface area (Å²) in [6, 6.07) is 19.4. The number of tetrazole rings is 1. The Balaban J connectivity index is 1.57. The Kier molecular flexibility index (Phi) is 5.04. The zero-order valence-electron chi connectivity index (χ0n) is 15.0. The van der Waals surface area contributed by atoms with Gasteiger partial charge in [-0.1, -0.05) is 49.4 Å². The average Bonchev–Trinajstić information content (AvgIpc) is 3.17. The molecule has 1 aliphatic heterocycles. The van der Waals surface area contributed by atoms with Crippen LogP contribution < -0.4 is 5.32 Å². The smallest absolute Gasteiger partial charge is 0.170 e. The van der Waals surface area contributed by atoms with Crippen LogP contribution in [0.5, 0.6) is 0 Å². The first-order valence-corrected chi connectivity index (χ1v) is 9.21. The highest BCUT2D eigenvalue weighted by molar-refractivity contribution is 5.30. The maximum Gasteiger partial charge on any atom is 0.170 e. The number of aryl methyl sites for hydroxylation is 1. The number of aromatic nitrogens is 4. The van der Waals surface area contributed by atoms with Crippen LogP contribution in [-0.2, 0) is 13.0 Å². The molecule has 0 spiro atoms. The van der Waals surface area contributed by atoms with Crippen LogP contribution in [0.2, 0.25) is 0 Å². The monoisotopic (exact) mass is 348 g/mol. The second-order valence-electron chi connectivity index (χ2n) is 6.63. The van der Waals surface area contributed by atoms with E-state index in [2.05, 4.69) is 56.9 Å². The highest BCUT2D eigenvalue weighted by Crippen LogP contribution is 2.24. The highest BCUT2D eigenvalue weighted by atomic mass is 15.5. The van der Waals surface area contributed by atoms with Crippen molar-refractivity contribution in [3.8, 4) is 5.69 Å². The van der Waals surface area contributed by atoms with E-state index >= 15 is 0 Å². The van der Waals surface area contributed by atoms with E-state index in [1.165, 1.54) is 11.1 Å². The largest absolute Gasteiger partial charge is 0.314 e. The normalized spacial score (nSPS) is 18.1. The van der Waals surface area contributed by atoms with E-state index in [9.17, 15) is 0 Å². The molecule has 1 aliphatic rings. The third-order valence-electron chi connectivity index (χ3n) is 5.01. The quantitative estimate of drug-likeness (QED) is 0.767. The van der Waals surface area contributed by atoms with Gasteiger partial charge in [-0.25, -0.2) is 0 Å². The van der Waals surface area contributed by atoms with Crippen molar-refractivity contribution in [3.63, 3.8) is 0 Å². The van der Waals surface area contributed by atoms with Crippen LogP contribution in [0.3, 0.4) is 0 Å². The van der Waals surface area contributed by atoms with E-state index in [0.29, 0.717) is 6.04 Å². The second kappa shape index (κ2) is 7.76. The molecule has 1 saturated heterocycles. The molecule has 1 unspecified atom stereocenters. The van der Waals surface area contributed by atoms with Crippen LogP contribution in [0, 0.1) is 0 Å². The number of benzene rings is 2. The third kappa shape index (κ3) is 3.52. The minimum Gasteiger partial charge on any atom is -0.314 e. The molecular formula is C20H24N6. The van der Waals surface area contributed by atoms with Crippen LogP contribution >= 0.6 is 0 Å². The number of rotatable bonds is 5. The molecule has 134 valence electrons. The molecule has 2 aromatic carbocycles. The van der Waals surface area contributed by atoms with Gasteiger partial charge in [0, 0.05) is 25.7 Å². The first-order valence-electron chi connectivity index (χ1n) is 9.21. The molecular weight excluding hydrogens is 324 g/mol. The maximum absolute atomic E-state index is 4.28. The predicted octanol–water partition coefficient (Wildman–Crippen LogP) is 2.37. The standard InChI is InChI=1S/C20H24N6/c1-2-16-8-10-17(11-9-16)19-14-21-12-13-25(19)15-20-22-23-24-26(20)18-6-4-3-5-7-18/h3-11,19,21H,2,12-15H2,1H3. The number of nitrogens with zero attached hydrogens (tertiary/aromatic N) is 5. The van der Waals surface area contributed by atoms with E-state index in [0.717, 1.165) is 44.1 Å². The van der Waals surface area contributed by atoms with Gasteiger partial charge in [0.25, 0.3) is 0 Å². The van der Waals surface area contributed by atoms with Gasteiger partial charge < -0.3 is 5.32 Å². The van der Waals surface area contributed by atoms with Crippen LogP contribution in [0.1, 0.15) is 29.9 Å². The van der Waals surface area contributed by atoms with Gasteiger partial charge in [0.1, 0.15) is 0 Å². The van der Waals surface area contributed by atoms with Gasteiger partial charge in [0.05, 0.1) is 12.2 Å². The Bertz CT molecular complexity index is 827. The topological polar surface area (TPSA) is 58.9 Å². The van der Waals surface area contributed by atoms with Crippen LogP contribution in [0.15, 0.2) is 54.6 Å². The van der Waals surface area contributed by atoms with Crippen molar-refractivity contribution < 1.29 is 0 Å². The molecule has 1 N–H and O–H groups in total. The summed E-state index contributed by atoms with van der Waals surface area (Å²) >= 11 is 0. The highest BCUT2D eigenvalue weighted by Gasteiger charge is 2.25. The summed E-state index contributed by atoms with van der Waals surface area (Å²) < 4.78 is 1.83. The fourth-order valence-electron chi connectivity index (χ4n) is 3.50. The van der Waals surface area contributed by atoms with Gasteiger partial charge in [-0.2, -0.15) is 4.68 Å². The predicted molar refractivity (Wildman–Crippen MR) is 101 cm³/mol.